The maximum atomic E-state index is 9.87. The molecule has 0 aromatic rings. The Balaban J connectivity index is 2.09. The Kier molecular flexibility index (Phi) is 7.29. The zero-order chi connectivity index (χ0) is 14.3. The molecule has 1 saturated carbocycles. The first kappa shape index (κ1) is 16.9. The van der Waals surface area contributed by atoms with Gasteiger partial charge in [-0.25, -0.2) is 0 Å². The molecule has 0 aliphatic heterocycles. The molecule has 1 fully saturated rings. The quantitative estimate of drug-likeness (QED) is 0.628. The van der Waals surface area contributed by atoms with E-state index in [1.54, 1.807) is 0 Å². The summed E-state index contributed by atoms with van der Waals surface area (Å²) in [6.07, 6.45) is 4.66. The molecule has 0 saturated heterocycles. The van der Waals surface area contributed by atoms with Crippen molar-refractivity contribution in [1.82, 2.24) is 5.32 Å². The molecule has 3 atom stereocenters. The standard InChI is InChI=1S/C15H31NO3/c1-12-5-4-6-14(7-12)19-9-13(18)8-16-10-15(2,3)11-17/h12-14,16-18H,4-11H2,1-3H3. The third-order valence-electron chi connectivity index (χ3n) is 3.82. The number of aliphatic hydroxyl groups is 2. The third-order valence-corrected chi connectivity index (χ3v) is 3.82. The maximum Gasteiger partial charge on any atom is 0.0897 e. The number of hydrogen-bond donors (Lipinski definition) is 3. The number of hydrogen-bond acceptors (Lipinski definition) is 4. The summed E-state index contributed by atoms with van der Waals surface area (Å²) in [6.45, 7) is 8.02. The van der Waals surface area contributed by atoms with Gasteiger partial charge in [0.25, 0.3) is 0 Å². The first-order valence-corrected chi connectivity index (χ1v) is 7.54. The van der Waals surface area contributed by atoms with Crippen LogP contribution in [0.4, 0.5) is 0 Å². The highest BCUT2D eigenvalue weighted by Crippen LogP contribution is 2.25. The number of ether oxygens (including phenoxy) is 1. The second-order valence-electron chi connectivity index (χ2n) is 6.83. The lowest BCUT2D eigenvalue weighted by Crippen LogP contribution is -2.38. The molecule has 114 valence electrons. The molecule has 4 heteroatoms. The Morgan fingerprint density at radius 1 is 1.37 bits per heavy atom. The first-order chi connectivity index (χ1) is 8.93. The van der Waals surface area contributed by atoms with E-state index in [4.69, 9.17) is 9.84 Å². The van der Waals surface area contributed by atoms with Gasteiger partial charge in [-0.15, -0.1) is 0 Å². The fourth-order valence-electron chi connectivity index (χ4n) is 2.47. The van der Waals surface area contributed by atoms with Crippen molar-refractivity contribution in [3.05, 3.63) is 0 Å². The monoisotopic (exact) mass is 273 g/mol. The van der Waals surface area contributed by atoms with Crippen molar-refractivity contribution in [2.75, 3.05) is 26.3 Å². The van der Waals surface area contributed by atoms with Gasteiger partial charge in [0.15, 0.2) is 0 Å². The summed E-state index contributed by atoms with van der Waals surface area (Å²) in [6, 6.07) is 0. The van der Waals surface area contributed by atoms with Crippen LogP contribution in [0.1, 0.15) is 46.5 Å². The van der Waals surface area contributed by atoms with Gasteiger partial charge in [-0.1, -0.05) is 33.6 Å². The van der Waals surface area contributed by atoms with Gasteiger partial charge in [0, 0.05) is 25.1 Å². The van der Waals surface area contributed by atoms with E-state index in [1.165, 1.54) is 12.8 Å². The molecule has 1 aliphatic rings. The van der Waals surface area contributed by atoms with Crippen LogP contribution in [0.3, 0.4) is 0 Å². The molecule has 4 nitrogen and oxygen atoms in total. The average Bonchev–Trinajstić information content (AvgIpc) is 2.36. The van der Waals surface area contributed by atoms with Crippen molar-refractivity contribution in [3.63, 3.8) is 0 Å². The van der Waals surface area contributed by atoms with Gasteiger partial charge in [0.05, 0.1) is 18.8 Å². The van der Waals surface area contributed by atoms with Crippen LogP contribution in [-0.4, -0.2) is 48.7 Å². The van der Waals surface area contributed by atoms with E-state index in [-0.39, 0.29) is 12.0 Å². The van der Waals surface area contributed by atoms with E-state index in [0.29, 0.717) is 25.8 Å². The predicted octanol–water partition coefficient (Wildman–Crippen LogP) is 1.55. The highest BCUT2D eigenvalue weighted by molar-refractivity contribution is 4.73. The van der Waals surface area contributed by atoms with Crippen molar-refractivity contribution < 1.29 is 14.9 Å². The Morgan fingerprint density at radius 3 is 2.74 bits per heavy atom. The van der Waals surface area contributed by atoms with Gasteiger partial charge in [-0.3, -0.25) is 0 Å². The zero-order valence-electron chi connectivity index (χ0n) is 12.7. The van der Waals surface area contributed by atoms with Crippen LogP contribution in [-0.2, 0) is 4.74 Å². The van der Waals surface area contributed by atoms with Crippen LogP contribution in [0.2, 0.25) is 0 Å². The van der Waals surface area contributed by atoms with Gasteiger partial charge >= 0.3 is 0 Å². The van der Waals surface area contributed by atoms with Crippen molar-refractivity contribution in [2.24, 2.45) is 11.3 Å². The van der Waals surface area contributed by atoms with E-state index in [1.807, 2.05) is 13.8 Å². The lowest BCUT2D eigenvalue weighted by molar-refractivity contribution is -0.0312. The molecule has 3 unspecified atom stereocenters. The smallest absolute Gasteiger partial charge is 0.0897 e. The summed E-state index contributed by atoms with van der Waals surface area (Å²) in [5.74, 6) is 0.749. The molecule has 19 heavy (non-hydrogen) atoms. The Bertz CT molecular complexity index is 246. The van der Waals surface area contributed by atoms with E-state index in [0.717, 1.165) is 18.8 Å². The Labute approximate surface area is 117 Å². The minimum absolute atomic E-state index is 0.140. The van der Waals surface area contributed by atoms with Crippen LogP contribution in [0.15, 0.2) is 0 Å². The summed E-state index contributed by atoms with van der Waals surface area (Å²) in [7, 11) is 0. The van der Waals surface area contributed by atoms with Crippen LogP contribution < -0.4 is 5.32 Å². The summed E-state index contributed by atoms with van der Waals surface area (Å²) in [4.78, 5) is 0. The molecular weight excluding hydrogens is 242 g/mol. The molecule has 0 spiro atoms. The third kappa shape index (κ3) is 7.25. The number of rotatable bonds is 8. The topological polar surface area (TPSA) is 61.7 Å². The number of aliphatic hydroxyl groups excluding tert-OH is 2. The van der Waals surface area contributed by atoms with Gasteiger partial charge in [-0.2, -0.15) is 0 Å². The van der Waals surface area contributed by atoms with Gasteiger partial charge in [-0.05, 0) is 18.8 Å². The van der Waals surface area contributed by atoms with Gasteiger partial charge in [0.2, 0.25) is 0 Å². The van der Waals surface area contributed by atoms with Gasteiger partial charge < -0.3 is 20.3 Å². The molecule has 0 aromatic heterocycles. The fourth-order valence-corrected chi connectivity index (χ4v) is 2.47. The lowest BCUT2D eigenvalue weighted by atomic mass is 9.89. The molecular formula is C15H31NO3. The second-order valence-corrected chi connectivity index (χ2v) is 6.83. The second kappa shape index (κ2) is 8.20. The maximum absolute atomic E-state index is 9.87. The normalized spacial score (nSPS) is 26.4. The summed E-state index contributed by atoms with van der Waals surface area (Å²) >= 11 is 0. The van der Waals surface area contributed by atoms with Crippen LogP contribution >= 0.6 is 0 Å². The highest BCUT2D eigenvalue weighted by atomic mass is 16.5. The molecule has 0 radical (unpaired) electrons. The Morgan fingerprint density at radius 2 is 2.11 bits per heavy atom. The van der Waals surface area contributed by atoms with Crippen molar-refractivity contribution >= 4 is 0 Å². The van der Waals surface area contributed by atoms with Crippen molar-refractivity contribution in [1.29, 1.82) is 0 Å². The van der Waals surface area contributed by atoms with Crippen LogP contribution in [0.25, 0.3) is 0 Å². The van der Waals surface area contributed by atoms with Crippen molar-refractivity contribution in [3.8, 4) is 0 Å². The van der Waals surface area contributed by atoms with Crippen molar-refractivity contribution in [2.45, 2.75) is 58.7 Å². The minimum atomic E-state index is -0.466. The SMILES string of the molecule is CC1CCCC(OCC(O)CNCC(C)(C)CO)C1. The van der Waals surface area contributed by atoms with E-state index in [9.17, 15) is 5.11 Å². The fraction of sp³-hybridized carbons (Fsp3) is 1.00. The highest BCUT2D eigenvalue weighted by Gasteiger charge is 2.20. The largest absolute Gasteiger partial charge is 0.396 e. The Hall–Kier alpha value is -0.160. The summed E-state index contributed by atoms with van der Waals surface area (Å²) in [5.41, 5.74) is -0.140. The molecule has 0 amide bonds. The molecule has 0 heterocycles. The number of nitrogens with one attached hydrogen (secondary N) is 1. The summed E-state index contributed by atoms with van der Waals surface area (Å²) < 4.78 is 5.78. The molecule has 1 aliphatic carbocycles. The summed E-state index contributed by atoms with van der Waals surface area (Å²) in [5, 5.41) is 22.2. The average molecular weight is 273 g/mol. The lowest BCUT2D eigenvalue weighted by Gasteiger charge is -2.28. The van der Waals surface area contributed by atoms with Gasteiger partial charge in [0.1, 0.15) is 0 Å². The van der Waals surface area contributed by atoms with Crippen LogP contribution in [0, 0.1) is 11.3 Å². The predicted molar refractivity (Wildman–Crippen MR) is 77.1 cm³/mol. The molecule has 3 N–H and O–H groups in total. The zero-order valence-corrected chi connectivity index (χ0v) is 12.7. The van der Waals surface area contributed by atoms with E-state index in [2.05, 4.69) is 12.2 Å². The molecule has 1 rings (SSSR count). The first-order valence-electron chi connectivity index (χ1n) is 7.54. The van der Waals surface area contributed by atoms with E-state index < -0.39 is 6.10 Å². The van der Waals surface area contributed by atoms with Crippen LogP contribution in [0.5, 0.6) is 0 Å². The van der Waals surface area contributed by atoms with E-state index >= 15 is 0 Å². The molecule has 0 aromatic carbocycles. The molecule has 0 bridgehead atoms. The minimum Gasteiger partial charge on any atom is -0.396 e.